The fourth-order valence-corrected chi connectivity index (χ4v) is 2.41. The normalized spacial score (nSPS) is 17.2. The number of halogens is 1. The molecule has 0 spiro atoms. The molecular weight excluding hydrogens is 310 g/mol. The molecule has 1 fully saturated rings. The number of piperazine rings is 1. The topological polar surface area (TPSA) is 39.9 Å². The smallest absolute Gasteiger partial charge is 0.289 e. The summed E-state index contributed by atoms with van der Waals surface area (Å²) < 4.78 is 5.91. The average molecular weight is 330 g/mol. The summed E-state index contributed by atoms with van der Waals surface area (Å²) in [6.45, 7) is 5.51. The van der Waals surface area contributed by atoms with Crippen molar-refractivity contribution in [3.05, 3.63) is 22.6 Å². The second kappa shape index (κ2) is 6.54. The van der Waals surface area contributed by atoms with Gasteiger partial charge in [0.05, 0.1) is 0 Å². The van der Waals surface area contributed by atoms with Gasteiger partial charge in [-0.3, -0.25) is 9.69 Å². The van der Waals surface area contributed by atoms with Gasteiger partial charge < -0.3 is 14.2 Å². The SMILES string of the molecule is CN(C)CCN1CCN(C(=O)c2ccc(Br)o2)CC1. The fourth-order valence-electron chi connectivity index (χ4n) is 2.10. The van der Waals surface area contributed by atoms with E-state index < -0.39 is 0 Å². The van der Waals surface area contributed by atoms with Crippen molar-refractivity contribution in [2.24, 2.45) is 0 Å². The van der Waals surface area contributed by atoms with E-state index in [1.165, 1.54) is 0 Å². The van der Waals surface area contributed by atoms with E-state index in [4.69, 9.17) is 4.42 Å². The first-order valence-corrected chi connectivity index (χ1v) is 7.27. The van der Waals surface area contributed by atoms with Crippen molar-refractivity contribution < 1.29 is 9.21 Å². The van der Waals surface area contributed by atoms with Gasteiger partial charge in [-0.1, -0.05) is 0 Å². The lowest BCUT2D eigenvalue weighted by Crippen LogP contribution is -2.49. The largest absolute Gasteiger partial charge is 0.444 e. The minimum absolute atomic E-state index is 0.0158. The third-order valence-corrected chi connectivity index (χ3v) is 3.73. The van der Waals surface area contributed by atoms with Crippen molar-refractivity contribution >= 4 is 21.8 Å². The summed E-state index contributed by atoms with van der Waals surface area (Å²) in [7, 11) is 4.16. The summed E-state index contributed by atoms with van der Waals surface area (Å²) in [6.07, 6.45) is 0. The predicted molar refractivity (Wildman–Crippen MR) is 77.3 cm³/mol. The van der Waals surface area contributed by atoms with E-state index in [9.17, 15) is 4.79 Å². The van der Waals surface area contributed by atoms with Crippen molar-refractivity contribution in [2.75, 3.05) is 53.4 Å². The highest BCUT2D eigenvalue weighted by Crippen LogP contribution is 2.16. The van der Waals surface area contributed by atoms with Gasteiger partial charge in [-0.2, -0.15) is 0 Å². The standard InChI is InChI=1S/C13H20BrN3O2/c1-15(2)5-6-16-7-9-17(10-8-16)13(18)11-3-4-12(14)19-11/h3-4H,5-10H2,1-2H3. The van der Waals surface area contributed by atoms with E-state index in [0.717, 1.165) is 39.3 Å². The Labute approximate surface area is 122 Å². The van der Waals surface area contributed by atoms with E-state index >= 15 is 0 Å². The molecule has 1 aromatic rings. The molecule has 0 saturated carbocycles. The number of rotatable bonds is 4. The molecule has 1 aliphatic rings. The van der Waals surface area contributed by atoms with Crippen molar-refractivity contribution in [2.45, 2.75) is 0 Å². The molecule has 0 aromatic carbocycles. The summed E-state index contributed by atoms with van der Waals surface area (Å²) >= 11 is 3.22. The van der Waals surface area contributed by atoms with E-state index in [-0.39, 0.29) is 5.91 Å². The highest BCUT2D eigenvalue weighted by Gasteiger charge is 2.23. The first-order valence-electron chi connectivity index (χ1n) is 6.48. The first-order chi connectivity index (χ1) is 9.06. The molecule has 106 valence electrons. The van der Waals surface area contributed by atoms with Gasteiger partial charge in [0.2, 0.25) is 0 Å². The zero-order chi connectivity index (χ0) is 13.8. The molecule has 2 heterocycles. The van der Waals surface area contributed by atoms with Gasteiger partial charge in [0.1, 0.15) is 0 Å². The third kappa shape index (κ3) is 4.06. The van der Waals surface area contributed by atoms with Gasteiger partial charge in [0, 0.05) is 39.3 Å². The minimum atomic E-state index is -0.0158. The summed E-state index contributed by atoms with van der Waals surface area (Å²) in [5.74, 6) is 0.395. The molecule has 0 unspecified atom stereocenters. The van der Waals surface area contributed by atoms with Crippen molar-refractivity contribution in [1.29, 1.82) is 0 Å². The van der Waals surface area contributed by atoms with Crippen molar-refractivity contribution in [3.63, 3.8) is 0 Å². The Morgan fingerprint density at radius 3 is 2.53 bits per heavy atom. The molecule has 1 amide bonds. The van der Waals surface area contributed by atoms with Gasteiger partial charge in [-0.25, -0.2) is 0 Å². The van der Waals surface area contributed by atoms with Crippen LogP contribution in [0.2, 0.25) is 0 Å². The van der Waals surface area contributed by atoms with E-state index in [1.807, 2.05) is 4.90 Å². The monoisotopic (exact) mass is 329 g/mol. The molecule has 0 atom stereocenters. The number of nitrogens with zero attached hydrogens (tertiary/aromatic N) is 3. The van der Waals surface area contributed by atoms with Crippen LogP contribution in [0.1, 0.15) is 10.6 Å². The Morgan fingerprint density at radius 1 is 1.32 bits per heavy atom. The molecule has 0 aliphatic carbocycles. The molecular formula is C13H20BrN3O2. The van der Waals surface area contributed by atoms with E-state index in [0.29, 0.717) is 10.4 Å². The zero-order valence-corrected chi connectivity index (χ0v) is 13.0. The Morgan fingerprint density at radius 2 is 2.00 bits per heavy atom. The molecule has 1 aromatic heterocycles. The lowest BCUT2D eigenvalue weighted by Gasteiger charge is -2.34. The van der Waals surface area contributed by atoms with Crippen LogP contribution in [-0.2, 0) is 0 Å². The Balaban J connectivity index is 1.81. The molecule has 1 saturated heterocycles. The highest BCUT2D eigenvalue weighted by molar-refractivity contribution is 9.10. The van der Waals surface area contributed by atoms with Crippen LogP contribution in [0.25, 0.3) is 0 Å². The lowest BCUT2D eigenvalue weighted by atomic mass is 10.3. The number of amides is 1. The van der Waals surface area contributed by atoms with Gasteiger partial charge >= 0.3 is 0 Å². The Hall–Kier alpha value is -0.850. The highest BCUT2D eigenvalue weighted by atomic mass is 79.9. The van der Waals surface area contributed by atoms with Gasteiger partial charge in [0.15, 0.2) is 10.4 Å². The van der Waals surface area contributed by atoms with Crippen molar-refractivity contribution in [3.8, 4) is 0 Å². The number of carbonyl (C=O) groups is 1. The second-order valence-electron chi connectivity index (χ2n) is 5.04. The van der Waals surface area contributed by atoms with Gasteiger partial charge in [-0.05, 0) is 42.2 Å². The zero-order valence-electron chi connectivity index (χ0n) is 11.4. The van der Waals surface area contributed by atoms with Crippen LogP contribution in [0.5, 0.6) is 0 Å². The van der Waals surface area contributed by atoms with Crippen LogP contribution in [0, 0.1) is 0 Å². The molecule has 0 bridgehead atoms. The van der Waals surface area contributed by atoms with E-state index in [2.05, 4.69) is 39.8 Å². The van der Waals surface area contributed by atoms with Crippen LogP contribution < -0.4 is 0 Å². The first kappa shape index (κ1) is 14.6. The van der Waals surface area contributed by atoms with Crippen LogP contribution in [0.15, 0.2) is 21.2 Å². The number of furan rings is 1. The molecule has 0 radical (unpaired) electrons. The molecule has 6 heteroatoms. The lowest BCUT2D eigenvalue weighted by molar-refractivity contribution is 0.0598. The Kier molecular flexibility index (Phi) is 5.01. The number of carbonyl (C=O) groups excluding carboxylic acids is 1. The number of hydrogen-bond acceptors (Lipinski definition) is 4. The van der Waals surface area contributed by atoms with Crippen LogP contribution >= 0.6 is 15.9 Å². The molecule has 19 heavy (non-hydrogen) atoms. The maximum atomic E-state index is 12.2. The summed E-state index contributed by atoms with van der Waals surface area (Å²) in [6, 6.07) is 3.46. The number of likely N-dealkylation sites (N-methyl/N-ethyl adjacent to an activating group) is 1. The molecule has 5 nitrogen and oxygen atoms in total. The Bertz CT molecular complexity index is 425. The average Bonchev–Trinajstić information content (AvgIpc) is 2.83. The van der Waals surface area contributed by atoms with Crippen LogP contribution in [0.3, 0.4) is 0 Å². The summed E-state index contributed by atoms with van der Waals surface area (Å²) in [5.41, 5.74) is 0. The predicted octanol–water partition coefficient (Wildman–Crippen LogP) is 1.36. The summed E-state index contributed by atoms with van der Waals surface area (Å²) in [4.78, 5) is 18.6. The van der Waals surface area contributed by atoms with Gasteiger partial charge in [-0.15, -0.1) is 0 Å². The second-order valence-corrected chi connectivity index (χ2v) is 5.82. The van der Waals surface area contributed by atoms with Gasteiger partial charge in [0.25, 0.3) is 5.91 Å². The fraction of sp³-hybridized carbons (Fsp3) is 0.615. The third-order valence-electron chi connectivity index (χ3n) is 3.31. The maximum Gasteiger partial charge on any atom is 0.289 e. The van der Waals surface area contributed by atoms with Crippen molar-refractivity contribution in [1.82, 2.24) is 14.7 Å². The number of hydrogen-bond donors (Lipinski definition) is 0. The molecule has 1 aliphatic heterocycles. The summed E-state index contributed by atoms with van der Waals surface area (Å²) in [5, 5.41) is 0. The maximum absolute atomic E-state index is 12.2. The van der Waals surface area contributed by atoms with E-state index in [1.54, 1.807) is 12.1 Å². The molecule has 2 rings (SSSR count). The minimum Gasteiger partial charge on any atom is -0.444 e. The quantitative estimate of drug-likeness (QED) is 0.836. The van der Waals surface area contributed by atoms with Crippen LogP contribution in [-0.4, -0.2) is 74.0 Å². The molecule has 0 N–H and O–H groups in total. The van der Waals surface area contributed by atoms with Crippen LogP contribution in [0.4, 0.5) is 0 Å².